The molecule has 0 heterocycles. The van der Waals surface area contributed by atoms with Gasteiger partial charge in [0.25, 0.3) is 0 Å². The highest BCUT2D eigenvalue weighted by Crippen LogP contribution is 2.25. The van der Waals surface area contributed by atoms with Gasteiger partial charge in [-0.1, -0.05) is 78.3 Å². The maximum Gasteiger partial charge on any atom is 0.319 e. The molecule has 3 N–H and O–H groups in total. The van der Waals surface area contributed by atoms with Gasteiger partial charge in [0.1, 0.15) is 5.60 Å². The molecule has 0 bridgehead atoms. The first kappa shape index (κ1) is 19.0. The highest BCUT2D eigenvalue weighted by atomic mass is 35.5. The number of amides is 2. The second kappa shape index (κ2) is 8.25. The summed E-state index contributed by atoms with van der Waals surface area (Å²) >= 11 is 6.03. The van der Waals surface area contributed by atoms with E-state index in [9.17, 15) is 9.90 Å². The number of halogens is 1. The third-order valence-corrected chi connectivity index (χ3v) is 4.66. The maximum absolute atomic E-state index is 12.1. The number of anilines is 1. The Morgan fingerprint density at radius 3 is 2.19 bits per heavy atom. The van der Waals surface area contributed by atoms with Crippen LogP contribution in [0.4, 0.5) is 10.5 Å². The number of carbonyl (C=O) groups excluding carboxylic acids is 1. The summed E-state index contributed by atoms with van der Waals surface area (Å²) < 4.78 is 0. The van der Waals surface area contributed by atoms with E-state index in [-0.39, 0.29) is 6.54 Å². The van der Waals surface area contributed by atoms with Crippen LogP contribution in [0.15, 0.2) is 78.9 Å². The lowest BCUT2D eigenvalue weighted by Crippen LogP contribution is -2.40. The molecule has 1 unspecified atom stereocenters. The van der Waals surface area contributed by atoms with E-state index in [0.29, 0.717) is 10.7 Å². The van der Waals surface area contributed by atoms with Crippen molar-refractivity contribution in [3.63, 3.8) is 0 Å². The predicted molar refractivity (Wildman–Crippen MR) is 110 cm³/mol. The lowest BCUT2D eigenvalue weighted by atomic mass is 9.94. The SMILES string of the molecule is CC(O)(CNC(=O)Nc1ccccc1Cl)c1ccc(-c2ccccc2)cc1. The molecule has 138 valence electrons. The molecule has 27 heavy (non-hydrogen) atoms. The fourth-order valence-corrected chi connectivity index (χ4v) is 2.92. The van der Waals surface area contributed by atoms with Crippen molar-refractivity contribution in [2.24, 2.45) is 0 Å². The Bertz CT molecular complexity index is 909. The van der Waals surface area contributed by atoms with Crippen molar-refractivity contribution in [2.45, 2.75) is 12.5 Å². The average Bonchev–Trinajstić information content (AvgIpc) is 2.69. The molecule has 0 saturated carbocycles. The summed E-state index contributed by atoms with van der Waals surface area (Å²) in [6.45, 7) is 1.73. The lowest BCUT2D eigenvalue weighted by Gasteiger charge is -2.24. The zero-order valence-electron chi connectivity index (χ0n) is 14.9. The van der Waals surface area contributed by atoms with E-state index in [1.54, 1.807) is 31.2 Å². The number of benzene rings is 3. The van der Waals surface area contributed by atoms with Crippen LogP contribution in [0.25, 0.3) is 11.1 Å². The molecular formula is C22H21ClN2O2. The van der Waals surface area contributed by atoms with Gasteiger partial charge < -0.3 is 15.7 Å². The van der Waals surface area contributed by atoms with Gasteiger partial charge in [-0.2, -0.15) is 0 Å². The number of urea groups is 1. The molecule has 0 aliphatic heterocycles. The molecule has 3 rings (SSSR count). The summed E-state index contributed by atoms with van der Waals surface area (Å²) in [6, 6.07) is 24.2. The fraction of sp³-hybridized carbons (Fsp3) is 0.136. The monoisotopic (exact) mass is 380 g/mol. The van der Waals surface area contributed by atoms with Crippen LogP contribution in [0.1, 0.15) is 12.5 Å². The van der Waals surface area contributed by atoms with Gasteiger partial charge in [-0.05, 0) is 35.7 Å². The second-order valence-corrected chi connectivity index (χ2v) is 6.91. The van der Waals surface area contributed by atoms with Crippen molar-refractivity contribution in [1.29, 1.82) is 0 Å². The largest absolute Gasteiger partial charge is 0.384 e. The Hall–Kier alpha value is -2.82. The molecule has 3 aromatic rings. The standard InChI is InChI=1S/C22H21ClN2O2/c1-22(27,15-24-21(26)25-20-10-6-5-9-19(20)23)18-13-11-17(12-14-18)16-7-3-2-4-8-16/h2-14,27H,15H2,1H3,(H2,24,25,26). The third-order valence-electron chi connectivity index (χ3n) is 4.33. The van der Waals surface area contributed by atoms with E-state index in [2.05, 4.69) is 10.6 Å². The number of hydrogen-bond donors (Lipinski definition) is 3. The van der Waals surface area contributed by atoms with E-state index < -0.39 is 11.6 Å². The van der Waals surface area contributed by atoms with Crippen LogP contribution in [0.5, 0.6) is 0 Å². The van der Waals surface area contributed by atoms with Crippen molar-refractivity contribution in [3.8, 4) is 11.1 Å². The summed E-state index contributed by atoms with van der Waals surface area (Å²) in [5.41, 5.74) is 2.22. The van der Waals surface area contributed by atoms with Crippen molar-refractivity contribution >= 4 is 23.3 Å². The van der Waals surface area contributed by atoms with Crippen molar-refractivity contribution in [1.82, 2.24) is 5.32 Å². The number of rotatable bonds is 5. The van der Waals surface area contributed by atoms with E-state index in [0.717, 1.165) is 16.7 Å². The topological polar surface area (TPSA) is 61.4 Å². The molecule has 0 aliphatic rings. The maximum atomic E-state index is 12.1. The summed E-state index contributed by atoms with van der Waals surface area (Å²) in [5.74, 6) is 0. The van der Waals surface area contributed by atoms with E-state index in [4.69, 9.17) is 11.6 Å². The number of nitrogens with one attached hydrogen (secondary N) is 2. The Kier molecular flexibility index (Phi) is 5.79. The Morgan fingerprint density at radius 2 is 1.52 bits per heavy atom. The molecule has 2 amide bonds. The van der Waals surface area contributed by atoms with Crippen LogP contribution in [-0.4, -0.2) is 17.7 Å². The van der Waals surface area contributed by atoms with E-state index in [1.165, 1.54) is 0 Å². The minimum Gasteiger partial charge on any atom is -0.384 e. The molecule has 0 fully saturated rings. The first-order valence-corrected chi connectivity index (χ1v) is 9.01. The summed E-state index contributed by atoms with van der Waals surface area (Å²) in [6.07, 6.45) is 0. The molecule has 3 aromatic carbocycles. The number of hydrogen-bond acceptors (Lipinski definition) is 2. The molecule has 4 nitrogen and oxygen atoms in total. The zero-order valence-corrected chi connectivity index (χ0v) is 15.7. The van der Waals surface area contributed by atoms with Crippen LogP contribution < -0.4 is 10.6 Å². The number of carbonyl (C=O) groups is 1. The minimum atomic E-state index is -1.20. The van der Waals surface area contributed by atoms with Crippen LogP contribution in [-0.2, 0) is 5.60 Å². The predicted octanol–water partition coefficient (Wildman–Crippen LogP) is 5.04. The summed E-state index contributed by atoms with van der Waals surface area (Å²) in [7, 11) is 0. The number of aliphatic hydroxyl groups is 1. The van der Waals surface area contributed by atoms with Gasteiger partial charge >= 0.3 is 6.03 Å². The molecule has 0 radical (unpaired) electrons. The minimum absolute atomic E-state index is 0.0635. The quantitative estimate of drug-likeness (QED) is 0.581. The normalized spacial score (nSPS) is 12.9. The van der Waals surface area contributed by atoms with Gasteiger partial charge in [0, 0.05) is 0 Å². The van der Waals surface area contributed by atoms with Gasteiger partial charge in [0.2, 0.25) is 0 Å². The fourth-order valence-electron chi connectivity index (χ4n) is 2.74. The Balaban J connectivity index is 1.62. The molecule has 0 saturated heterocycles. The molecular weight excluding hydrogens is 360 g/mol. The van der Waals surface area contributed by atoms with E-state index in [1.807, 2.05) is 54.6 Å². The smallest absolute Gasteiger partial charge is 0.319 e. The van der Waals surface area contributed by atoms with Crippen molar-refractivity contribution in [2.75, 3.05) is 11.9 Å². The van der Waals surface area contributed by atoms with Gasteiger partial charge in [-0.25, -0.2) is 4.79 Å². The van der Waals surface area contributed by atoms with Gasteiger partial charge in [-0.3, -0.25) is 0 Å². The van der Waals surface area contributed by atoms with Crippen LogP contribution in [0.2, 0.25) is 5.02 Å². The first-order valence-electron chi connectivity index (χ1n) is 8.63. The highest BCUT2D eigenvalue weighted by molar-refractivity contribution is 6.33. The average molecular weight is 381 g/mol. The number of para-hydroxylation sites is 1. The molecule has 0 aliphatic carbocycles. The summed E-state index contributed by atoms with van der Waals surface area (Å²) in [5, 5.41) is 16.6. The summed E-state index contributed by atoms with van der Waals surface area (Å²) in [4.78, 5) is 12.1. The van der Waals surface area contributed by atoms with Crippen molar-refractivity contribution < 1.29 is 9.90 Å². The van der Waals surface area contributed by atoms with Gasteiger partial charge in [0.05, 0.1) is 17.3 Å². The zero-order chi connectivity index (χ0) is 19.3. The Labute approximate surface area is 163 Å². The van der Waals surface area contributed by atoms with Gasteiger partial charge in [-0.15, -0.1) is 0 Å². The highest BCUT2D eigenvalue weighted by Gasteiger charge is 2.24. The molecule has 5 heteroatoms. The van der Waals surface area contributed by atoms with Crippen LogP contribution in [0.3, 0.4) is 0 Å². The Morgan fingerprint density at radius 1 is 0.926 bits per heavy atom. The van der Waals surface area contributed by atoms with Crippen LogP contribution >= 0.6 is 11.6 Å². The molecule has 1 atom stereocenters. The molecule has 0 aromatic heterocycles. The second-order valence-electron chi connectivity index (χ2n) is 6.50. The van der Waals surface area contributed by atoms with Gasteiger partial charge in [0.15, 0.2) is 0 Å². The first-order chi connectivity index (χ1) is 13.0. The lowest BCUT2D eigenvalue weighted by molar-refractivity contribution is 0.0600. The van der Waals surface area contributed by atoms with Crippen LogP contribution in [0, 0.1) is 0 Å². The van der Waals surface area contributed by atoms with E-state index >= 15 is 0 Å². The molecule has 0 spiro atoms. The third kappa shape index (κ3) is 4.88. The van der Waals surface area contributed by atoms with Crippen molar-refractivity contribution in [3.05, 3.63) is 89.4 Å².